The number of carbonyl (C=O) groups excluding carboxylic acids is 1. The zero-order valence-corrected chi connectivity index (χ0v) is 13.7. The Bertz CT molecular complexity index is 467. The van der Waals surface area contributed by atoms with E-state index in [9.17, 15) is 4.79 Å². The van der Waals surface area contributed by atoms with Crippen LogP contribution >= 0.6 is 27.3 Å². The maximum atomic E-state index is 12.4. The van der Waals surface area contributed by atoms with Crippen molar-refractivity contribution in [1.82, 2.24) is 10.2 Å². The van der Waals surface area contributed by atoms with Crippen LogP contribution in [0.1, 0.15) is 30.7 Å². The van der Waals surface area contributed by atoms with E-state index >= 15 is 0 Å². The van der Waals surface area contributed by atoms with E-state index in [1.165, 1.54) is 0 Å². The number of likely N-dealkylation sites (N-methyl/N-ethyl adjacent to an activating group) is 1. The number of thiophene rings is 1. The molecule has 0 aliphatic carbocycles. The Labute approximate surface area is 126 Å². The topological polar surface area (TPSA) is 56.1 Å². The summed E-state index contributed by atoms with van der Waals surface area (Å²) in [5.41, 5.74) is 0. The summed E-state index contributed by atoms with van der Waals surface area (Å²) >= 11 is 4.95. The van der Waals surface area contributed by atoms with E-state index in [2.05, 4.69) is 27.3 Å². The Morgan fingerprint density at radius 1 is 1.63 bits per heavy atom. The van der Waals surface area contributed by atoms with Crippen molar-refractivity contribution in [2.45, 2.75) is 31.8 Å². The number of amides is 1. The second kappa shape index (κ2) is 7.63. The van der Waals surface area contributed by atoms with Crippen molar-refractivity contribution >= 4 is 33.2 Å². The summed E-state index contributed by atoms with van der Waals surface area (Å²) in [5, 5.41) is 13.6. The molecule has 0 radical (unpaired) electrons. The Hall–Kier alpha value is -0.900. The smallest absolute Gasteiger partial charge is 0.243 e. The van der Waals surface area contributed by atoms with Crippen LogP contribution in [0.15, 0.2) is 15.9 Å². The van der Waals surface area contributed by atoms with Gasteiger partial charge < -0.3 is 5.32 Å². The molecule has 0 fully saturated rings. The van der Waals surface area contributed by atoms with Gasteiger partial charge in [-0.15, -0.1) is 11.3 Å². The summed E-state index contributed by atoms with van der Waals surface area (Å²) in [4.78, 5) is 15.2. The first-order valence-corrected chi connectivity index (χ1v) is 7.74. The molecular formula is C13H18BrN3OS. The molecule has 6 heteroatoms. The van der Waals surface area contributed by atoms with Crippen LogP contribution in [0.5, 0.6) is 0 Å². The van der Waals surface area contributed by atoms with E-state index in [-0.39, 0.29) is 18.0 Å². The Balaban J connectivity index is 2.83. The first-order valence-electron chi connectivity index (χ1n) is 6.07. The van der Waals surface area contributed by atoms with Gasteiger partial charge in [-0.2, -0.15) is 5.26 Å². The van der Waals surface area contributed by atoms with Crippen molar-refractivity contribution in [3.63, 3.8) is 0 Å². The highest BCUT2D eigenvalue weighted by Gasteiger charge is 2.25. The van der Waals surface area contributed by atoms with Gasteiger partial charge in [0.2, 0.25) is 5.91 Å². The maximum Gasteiger partial charge on any atom is 0.243 e. The summed E-state index contributed by atoms with van der Waals surface area (Å²) in [6.45, 7) is 1.97. The molecule has 0 saturated heterocycles. The van der Waals surface area contributed by atoms with Crippen LogP contribution in [0, 0.1) is 11.3 Å². The van der Waals surface area contributed by atoms with Gasteiger partial charge in [-0.1, -0.05) is 6.92 Å². The Morgan fingerprint density at radius 3 is 2.74 bits per heavy atom. The van der Waals surface area contributed by atoms with E-state index in [1.54, 1.807) is 11.3 Å². The van der Waals surface area contributed by atoms with Crippen molar-refractivity contribution in [3.05, 3.63) is 20.8 Å². The molecule has 1 rings (SSSR count). The molecule has 1 aromatic heterocycles. The summed E-state index contributed by atoms with van der Waals surface area (Å²) < 4.78 is 0.983. The highest BCUT2D eigenvalue weighted by Crippen LogP contribution is 2.28. The van der Waals surface area contributed by atoms with Gasteiger partial charge in [0.05, 0.1) is 12.5 Å². The number of nitriles is 1. The molecule has 4 nitrogen and oxygen atoms in total. The molecule has 0 bridgehead atoms. The fourth-order valence-corrected chi connectivity index (χ4v) is 3.41. The van der Waals surface area contributed by atoms with Crippen LogP contribution in [0.3, 0.4) is 0 Å². The van der Waals surface area contributed by atoms with Gasteiger partial charge in [0, 0.05) is 20.8 Å². The van der Waals surface area contributed by atoms with Gasteiger partial charge in [-0.05, 0) is 42.5 Å². The van der Waals surface area contributed by atoms with E-state index in [4.69, 9.17) is 5.26 Å². The average molecular weight is 344 g/mol. The number of halogens is 1. The quantitative estimate of drug-likeness (QED) is 0.863. The fourth-order valence-electron chi connectivity index (χ4n) is 1.78. The van der Waals surface area contributed by atoms with Gasteiger partial charge >= 0.3 is 0 Å². The predicted octanol–water partition coefficient (Wildman–Crippen LogP) is 2.92. The molecule has 1 aromatic rings. The average Bonchev–Trinajstić information content (AvgIpc) is 2.74. The lowest BCUT2D eigenvalue weighted by molar-refractivity contribution is -0.126. The van der Waals surface area contributed by atoms with Gasteiger partial charge in [0.1, 0.15) is 6.04 Å². The molecule has 1 amide bonds. The molecule has 0 aromatic carbocycles. The van der Waals surface area contributed by atoms with E-state index in [0.29, 0.717) is 6.42 Å². The third-order valence-electron chi connectivity index (χ3n) is 2.80. The lowest BCUT2D eigenvalue weighted by Crippen LogP contribution is -2.41. The molecule has 0 unspecified atom stereocenters. The summed E-state index contributed by atoms with van der Waals surface area (Å²) in [6.07, 6.45) is 1.10. The number of hydrogen-bond donors (Lipinski definition) is 1. The second-order valence-electron chi connectivity index (χ2n) is 4.51. The van der Waals surface area contributed by atoms with Crippen LogP contribution in [0.25, 0.3) is 0 Å². The van der Waals surface area contributed by atoms with Gasteiger partial charge in [-0.25, -0.2) is 0 Å². The molecular weight excluding hydrogens is 326 g/mol. The Morgan fingerprint density at radius 2 is 2.32 bits per heavy atom. The molecule has 1 N–H and O–H groups in total. The number of hydrogen-bond acceptors (Lipinski definition) is 4. The van der Waals surface area contributed by atoms with Crippen LogP contribution in [0.4, 0.5) is 0 Å². The van der Waals surface area contributed by atoms with Gasteiger partial charge in [-0.3, -0.25) is 9.69 Å². The van der Waals surface area contributed by atoms with Crippen LogP contribution < -0.4 is 5.32 Å². The molecule has 1 heterocycles. The van der Waals surface area contributed by atoms with Crippen LogP contribution in [-0.4, -0.2) is 30.9 Å². The highest BCUT2D eigenvalue weighted by molar-refractivity contribution is 9.10. The van der Waals surface area contributed by atoms with Gasteiger partial charge in [0.15, 0.2) is 0 Å². The summed E-state index contributed by atoms with van der Waals surface area (Å²) in [7, 11) is 3.76. The number of rotatable bonds is 6. The fraction of sp³-hybridized carbons (Fsp3) is 0.538. The van der Waals surface area contributed by atoms with Crippen molar-refractivity contribution in [2.75, 3.05) is 14.1 Å². The summed E-state index contributed by atoms with van der Waals surface area (Å²) in [6, 6.07) is 3.67. The Kier molecular flexibility index (Phi) is 6.49. The molecule has 0 saturated carbocycles. The van der Waals surface area contributed by atoms with E-state index < -0.39 is 0 Å². The zero-order valence-electron chi connectivity index (χ0n) is 11.3. The number of nitrogens with zero attached hydrogens (tertiary/aromatic N) is 2. The first kappa shape index (κ1) is 16.2. The first-order chi connectivity index (χ1) is 8.99. The zero-order chi connectivity index (χ0) is 14.4. The molecule has 0 aliphatic heterocycles. The van der Waals surface area contributed by atoms with Crippen molar-refractivity contribution < 1.29 is 4.79 Å². The lowest BCUT2D eigenvalue weighted by Gasteiger charge is -2.24. The van der Waals surface area contributed by atoms with E-state index in [1.807, 2.05) is 37.4 Å². The molecule has 2 atom stereocenters. The largest absolute Gasteiger partial charge is 0.351 e. The third-order valence-corrected chi connectivity index (χ3v) is 4.54. The lowest BCUT2D eigenvalue weighted by atomic mass is 10.1. The van der Waals surface area contributed by atoms with Crippen LogP contribution in [0.2, 0.25) is 0 Å². The molecule has 104 valence electrons. The van der Waals surface area contributed by atoms with Crippen LogP contribution in [-0.2, 0) is 4.79 Å². The van der Waals surface area contributed by atoms with Crippen molar-refractivity contribution in [1.29, 1.82) is 5.26 Å². The minimum atomic E-state index is -0.316. The SMILES string of the molecule is CC[C@H](CC#N)NC(=O)[C@@H](c1cc(Br)cs1)N(C)C. The monoisotopic (exact) mass is 343 g/mol. The highest BCUT2D eigenvalue weighted by atomic mass is 79.9. The molecule has 0 spiro atoms. The van der Waals surface area contributed by atoms with Crippen molar-refractivity contribution in [3.8, 4) is 6.07 Å². The standard InChI is InChI=1S/C13H18BrN3OS/c1-4-10(5-6-15)16-13(18)12(17(2)3)11-7-9(14)8-19-11/h7-8,10,12H,4-5H2,1-3H3,(H,16,18)/t10-,12-/m1/s1. The normalized spacial score (nSPS) is 13.9. The minimum Gasteiger partial charge on any atom is -0.351 e. The van der Waals surface area contributed by atoms with E-state index in [0.717, 1.165) is 15.8 Å². The van der Waals surface area contributed by atoms with Gasteiger partial charge in [0.25, 0.3) is 0 Å². The van der Waals surface area contributed by atoms with Crippen molar-refractivity contribution in [2.24, 2.45) is 0 Å². The number of carbonyl (C=O) groups is 1. The molecule has 19 heavy (non-hydrogen) atoms. The predicted molar refractivity (Wildman–Crippen MR) is 80.9 cm³/mol. The molecule has 0 aliphatic rings. The second-order valence-corrected chi connectivity index (χ2v) is 6.37. The third kappa shape index (κ3) is 4.60. The maximum absolute atomic E-state index is 12.4. The number of nitrogens with one attached hydrogen (secondary N) is 1. The summed E-state index contributed by atoms with van der Waals surface area (Å²) in [5.74, 6) is -0.0542. The minimum absolute atomic E-state index is 0.0542.